The number of quaternary nitrogens is 1. The Morgan fingerprint density at radius 3 is 1.84 bits per heavy atom. The molecule has 9 nitrogen and oxygen atoms in total. The number of carbonyl (C=O) groups is 2. The molecular weight excluding hydrogens is 725 g/mol. The number of hydrogen-bond acceptors (Lipinski definition) is 7. The minimum atomic E-state index is -4.32. The Balaban J connectivity index is 4.47. The molecule has 0 rings (SSSR count). The molecule has 2 atom stereocenters. The predicted octanol–water partition coefficient (Wildman–Crippen LogP) is 12.2. The molecule has 1 unspecified atom stereocenters. The topological polar surface area (TPSA) is 108 Å². The smallest absolute Gasteiger partial charge is 0.472 e. The summed E-state index contributed by atoms with van der Waals surface area (Å²) in [5, 5.41) is 0. The molecule has 0 aliphatic heterocycles. The summed E-state index contributed by atoms with van der Waals surface area (Å²) in [6, 6.07) is 0. The van der Waals surface area contributed by atoms with Crippen LogP contribution in [0.5, 0.6) is 0 Å². The maximum absolute atomic E-state index is 12.6. The van der Waals surface area contributed by atoms with Crippen molar-refractivity contribution in [3.05, 3.63) is 73.1 Å². The van der Waals surface area contributed by atoms with Gasteiger partial charge in [0.25, 0.3) is 0 Å². The van der Waals surface area contributed by atoms with Crippen molar-refractivity contribution in [1.29, 1.82) is 0 Å². The average Bonchev–Trinajstić information content (AvgIpc) is 3.14. The zero-order valence-electron chi connectivity index (χ0n) is 36.1. The molecule has 10 heteroatoms. The molecule has 0 heterocycles. The molecule has 56 heavy (non-hydrogen) atoms. The first kappa shape index (κ1) is 53.5. The Labute approximate surface area is 342 Å². The van der Waals surface area contributed by atoms with Crippen LogP contribution in [0.4, 0.5) is 0 Å². The fourth-order valence-corrected chi connectivity index (χ4v) is 6.08. The van der Waals surface area contributed by atoms with E-state index in [2.05, 4.69) is 44.2 Å². The van der Waals surface area contributed by atoms with Gasteiger partial charge in [-0.1, -0.05) is 126 Å². The first-order valence-corrected chi connectivity index (χ1v) is 23.2. The number of phosphoric ester groups is 1. The van der Waals surface area contributed by atoms with Crippen LogP contribution in [0.15, 0.2) is 73.1 Å². The van der Waals surface area contributed by atoms with Crippen LogP contribution in [0.25, 0.3) is 0 Å². The Morgan fingerprint density at radius 1 is 0.625 bits per heavy atom. The summed E-state index contributed by atoms with van der Waals surface area (Å²) < 4.78 is 34.6. The van der Waals surface area contributed by atoms with Crippen molar-refractivity contribution in [2.75, 3.05) is 47.5 Å². The largest absolute Gasteiger partial charge is 0.498 e. The highest BCUT2D eigenvalue weighted by Crippen LogP contribution is 2.43. The van der Waals surface area contributed by atoms with Crippen molar-refractivity contribution in [3.8, 4) is 0 Å². The Hall–Kier alpha value is -2.55. The molecule has 0 aliphatic carbocycles. The van der Waals surface area contributed by atoms with Gasteiger partial charge < -0.3 is 18.9 Å². The van der Waals surface area contributed by atoms with Gasteiger partial charge in [-0.2, -0.15) is 0 Å². The van der Waals surface area contributed by atoms with Crippen LogP contribution in [-0.4, -0.2) is 74.7 Å². The van der Waals surface area contributed by atoms with Gasteiger partial charge in [-0.05, 0) is 82.8 Å². The van der Waals surface area contributed by atoms with Crippen LogP contribution in [-0.2, 0) is 32.7 Å². The molecule has 0 bridgehead atoms. The Kier molecular flexibility index (Phi) is 36.3. The van der Waals surface area contributed by atoms with Crippen LogP contribution in [0.2, 0.25) is 0 Å². The van der Waals surface area contributed by atoms with E-state index in [-0.39, 0.29) is 32.0 Å². The van der Waals surface area contributed by atoms with Gasteiger partial charge in [0, 0.05) is 12.8 Å². The molecule has 0 aromatic carbocycles. The van der Waals surface area contributed by atoms with E-state index in [4.69, 9.17) is 18.5 Å². The number of nitrogens with zero attached hydrogens (tertiary/aromatic N) is 1. The highest BCUT2D eigenvalue weighted by molar-refractivity contribution is 7.47. The highest BCUT2D eigenvalue weighted by Gasteiger charge is 2.26. The quantitative estimate of drug-likeness (QED) is 0.00956. The number of phosphoric acid groups is 1. The number of hydrogen-bond donors (Lipinski definition) is 1. The summed E-state index contributed by atoms with van der Waals surface area (Å²) in [5.41, 5.74) is 0. The van der Waals surface area contributed by atoms with Crippen LogP contribution in [0, 0.1) is 0 Å². The van der Waals surface area contributed by atoms with Crippen molar-refractivity contribution in [2.45, 2.75) is 161 Å². The van der Waals surface area contributed by atoms with Gasteiger partial charge in [0.15, 0.2) is 11.9 Å². The number of rotatable bonds is 39. The van der Waals surface area contributed by atoms with Crippen LogP contribution in [0.3, 0.4) is 0 Å². The molecule has 0 amide bonds. The van der Waals surface area contributed by atoms with E-state index in [0.29, 0.717) is 23.9 Å². The summed E-state index contributed by atoms with van der Waals surface area (Å²) in [4.78, 5) is 34.6. The average molecular weight is 807 g/mol. The second kappa shape index (κ2) is 38.0. The molecule has 0 aromatic rings. The van der Waals surface area contributed by atoms with Crippen LogP contribution >= 0.6 is 7.82 Å². The first-order chi connectivity index (χ1) is 27.0. The van der Waals surface area contributed by atoms with Gasteiger partial charge in [-0.25, -0.2) is 4.57 Å². The van der Waals surface area contributed by atoms with Gasteiger partial charge in [-0.3, -0.25) is 18.6 Å². The van der Waals surface area contributed by atoms with E-state index in [1.807, 2.05) is 51.5 Å². The molecular formula is C46H81NO8P+. The second-order valence-electron chi connectivity index (χ2n) is 15.5. The van der Waals surface area contributed by atoms with E-state index in [9.17, 15) is 19.0 Å². The molecule has 0 saturated heterocycles. The van der Waals surface area contributed by atoms with Gasteiger partial charge >= 0.3 is 13.8 Å². The second-order valence-corrected chi connectivity index (χ2v) is 16.9. The Bertz CT molecular complexity index is 1180. The summed E-state index contributed by atoms with van der Waals surface area (Å²) >= 11 is 0. The SMILES string of the molecule is CCCCCC/C=C\CCCCCCCC/C=C/OC[C@H](COP(=O)(O)OCC[N+](C)(C)C)OC(=O)CCC/C=C\C/C=C\C/C=C\C=C\C(=O)CCCCC. The fourth-order valence-electron chi connectivity index (χ4n) is 5.34. The van der Waals surface area contributed by atoms with Crippen LogP contribution in [0.1, 0.15) is 155 Å². The van der Waals surface area contributed by atoms with E-state index >= 15 is 0 Å². The van der Waals surface area contributed by atoms with Gasteiger partial charge in [-0.15, -0.1) is 0 Å². The van der Waals surface area contributed by atoms with Gasteiger partial charge in [0.2, 0.25) is 0 Å². The van der Waals surface area contributed by atoms with E-state index in [0.717, 1.165) is 51.4 Å². The third kappa shape index (κ3) is 41.1. The number of ketones is 1. The van der Waals surface area contributed by atoms with Crippen molar-refractivity contribution in [1.82, 2.24) is 0 Å². The molecule has 322 valence electrons. The van der Waals surface area contributed by atoms with Crippen molar-refractivity contribution in [3.63, 3.8) is 0 Å². The van der Waals surface area contributed by atoms with E-state index in [1.54, 1.807) is 12.3 Å². The molecule has 0 spiro atoms. The normalized spacial score (nSPS) is 14.3. The molecule has 0 fully saturated rings. The molecule has 0 radical (unpaired) electrons. The fraction of sp³-hybridized carbons (Fsp3) is 0.696. The highest BCUT2D eigenvalue weighted by atomic mass is 31.2. The van der Waals surface area contributed by atoms with Crippen molar-refractivity contribution < 1.29 is 42.1 Å². The first-order valence-electron chi connectivity index (χ1n) is 21.7. The monoisotopic (exact) mass is 807 g/mol. The summed E-state index contributed by atoms with van der Waals surface area (Å²) in [6.45, 7) is 4.64. The van der Waals surface area contributed by atoms with E-state index in [1.165, 1.54) is 70.6 Å². The zero-order chi connectivity index (χ0) is 41.4. The number of esters is 1. The maximum Gasteiger partial charge on any atom is 0.472 e. The minimum absolute atomic E-state index is 0.00317. The number of likely N-dealkylation sites (N-methyl/N-ethyl adjacent to an activating group) is 1. The molecule has 1 N–H and O–H groups in total. The summed E-state index contributed by atoms with van der Waals surface area (Å²) in [6.07, 6.45) is 45.9. The maximum atomic E-state index is 12.6. The van der Waals surface area contributed by atoms with E-state index < -0.39 is 19.9 Å². The summed E-state index contributed by atoms with van der Waals surface area (Å²) in [5.74, 6) is -0.238. The predicted molar refractivity (Wildman–Crippen MR) is 233 cm³/mol. The van der Waals surface area contributed by atoms with Gasteiger partial charge in [0.05, 0.1) is 34.0 Å². The molecule has 0 aliphatic rings. The zero-order valence-corrected chi connectivity index (χ0v) is 37.0. The van der Waals surface area contributed by atoms with Crippen molar-refractivity contribution in [2.24, 2.45) is 0 Å². The Morgan fingerprint density at radius 2 is 1.18 bits per heavy atom. The third-order valence-corrected chi connectivity index (χ3v) is 9.77. The van der Waals surface area contributed by atoms with Crippen molar-refractivity contribution >= 4 is 19.6 Å². The molecule has 0 aromatic heterocycles. The lowest BCUT2D eigenvalue weighted by Crippen LogP contribution is -2.37. The van der Waals surface area contributed by atoms with Gasteiger partial charge in [0.1, 0.15) is 19.8 Å². The third-order valence-electron chi connectivity index (χ3n) is 8.78. The standard InChI is InChI=1S/C46H80NO8P/c1-6-8-10-11-12-13-14-15-16-17-18-22-25-28-31-35-40-52-42-45(43-54-56(50,51)53-41-39-47(3,4)5)55-46(49)38-34-30-27-24-21-19-20-23-26-29-33-37-44(48)36-32-9-7-2/h13-14,19-20,24,26-27,29,33,35,37,40,45H,6-12,15-18,21-23,25,28,30-32,34,36,38-39,41-43H2,1-5H3/p+1/b14-13-,20-19-,27-24-,29-26-,37-33+,40-35+/t45-/m1/s1. The number of ether oxygens (including phenoxy) is 2. The number of unbranched alkanes of at least 4 members (excludes halogenated alkanes) is 14. The lowest BCUT2D eigenvalue weighted by molar-refractivity contribution is -0.870. The van der Waals surface area contributed by atoms with Crippen LogP contribution < -0.4 is 0 Å². The number of carbonyl (C=O) groups excluding carboxylic acids is 2. The minimum Gasteiger partial charge on any atom is -0.498 e. The number of allylic oxidation sites excluding steroid dienone is 11. The summed E-state index contributed by atoms with van der Waals surface area (Å²) in [7, 11) is 1.55. The molecule has 0 saturated carbocycles. The lowest BCUT2D eigenvalue weighted by Gasteiger charge is -2.24. The lowest BCUT2D eigenvalue weighted by atomic mass is 10.1.